The summed E-state index contributed by atoms with van der Waals surface area (Å²) in [6.45, 7) is 3.40. The second-order valence-corrected chi connectivity index (χ2v) is 4.31. The number of hydrogen-bond donors (Lipinski definition) is 0. The summed E-state index contributed by atoms with van der Waals surface area (Å²) in [5.74, 6) is 0. The Hall–Kier alpha value is -1.86. The zero-order valence-electron chi connectivity index (χ0n) is 10.7. The Labute approximate surface area is 109 Å². The van der Waals surface area contributed by atoms with Crippen LogP contribution in [0.5, 0.6) is 0 Å². The van der Waals surface area contributed by atoms with Gasteiger partial charge in [0.25, 0.3) is 0 Å². The Morgan fingerprint density at radius 1 is 0.944 bits per heavy atom. The van der Waals surface area contributed by atoms with Crippen LogP contribution in [0.4, 0.5) is 0 Å². The van der Waals surface area contributed by atoms with Gasteiger partial charge in [-0.25, -0.2) is 0 Å². The van der Waals surface area contributed by atoms with Crippen molar-refractivity contribution in [3.05, 3.63) is 77.4 Å². The molecule has 2 rings (SSSR count). The Morgan fingerprint density at radius 2 is 1.67 bits per heavy atom. The molecule has 2 aromatic carbocycles. The average Bonchev–Trinajstić information content (AvgIpc) is 2.42. The molecule has 1 heteroatoms. The summed E-state index contributed by atoms with van der Waals surface area (Å²) in [6.07, 6.45) is 4.14. The first kappa shape index (κ1) is 12.6. The predicted molar refractivity (Wildman–Crippen MR) is 76.3 cm³/mol. The van der Waals surface area contributed by atoms with Crippen molar-refractivity contribution >= 4 is 6.08 Å². The van der Waals surface area contributed by atoms with Crippen LogP contribution in [-0.2, 0) is 11.3 Å². The van der Waals surface area contributed by atoms with Crippen LogP contribution in [0.1, 0.15) is 16.7 Å². The van der Waals surface area contributed by atoms with Crippen LogP contribution in [0.3, 0.4) is 0 Å². The summed E-state index contributed by atoms with van der Waals surface area (Å²) in [6, 6.07) is 18.7. The van der Waals surface area contributed by atoms with E-state index in [4.69, 9.17) is 4.74 Å². The highest BCUT2D eigenvalue weighted by Crippen LogP contribution is 2.05. The molecule has 0 spiro atoms. The largest absolute Gasteiger partial charge is 0.373 e. The van der Waals surface area contributed by atoms with E-state index < -0.39 is 0 Å². The molecule has 18 heavy (non-hydrogen) atoms. The summed E-state index contributed by atoms with van der Waals surface area (Å²) in [5, 5.41) is 0. The zero-order chi connectivity index (χ0) is 12.6. The van der Waals surface area contributed by atoms with Crippen molar-refractivity contribution in [1.82, 2.24) is 0 Å². The number of ether oxygens (including phenoxy) is 1. The number of benzene rings is 2. The monoisotopic (exact) mass is 238 g/mol. The summed E-state index contributed by atoms with van der Waals surface area (Å²) in [7, 11) is 0. The summed E-state index contributed by atoms with van der Waals surface area (Å²) >= 11 is 0. The van der Waals surface area contributed by atoms with Crippen LogP contribution in [0, 0.1) is 6.92 Å². The Bertz CT molecular complexity index is 483. The van der Waals surface area contributed by atoms with E-state index in [0.717, 1.165) is 0 Å². The van der Waals surface area contributed by atoms with Gasteiger partial charge in [-0.3, -0.25) is 0 Å². The normalized spacial score (nSPS) is 10.9. The highest BCUT2D eigenvalue weighted by atomic mass is 16.5. The fourth-order valence-corrected chi connectivity index (χ4v) is 1.68. The summed E-state index contributed by atoms with van der Waals surface area (Å²) in [4.78, 5) is 0. The van der Waals surface area contributed by atoms with E-state index in [1.54, 1.807) is 0 Å². The minimum atomic E-state index is 0.642. The highest BCUT2D eigenvalue weighted by Gasteiger charge is 1.90. The molecule has 0 fully saturated rings. The molecular formula is C17H18O. The topological polar surface area (TPSA) is 9.23 Å². The molecule has 0 aromatic heterocycles. The van der Waals surface area contributed by atoms with Crippen LogP contribution >= 0.6 is 0 Å². The lowest BCUT2D eigenvalue weighted by atomic mass is 10.1. The maximum absolute atomic E-state index is 5.58. The SMILES string of the molecule is Cc1ccc(/C=C/COCc2ccccc2)cc1. The van der Waals surface area contributed by atoms with Crippen molar-refractivity contribution in [2.75, 3.05) is 6.61 Å². The first-order valence-corrected chi connectivity index (χ1v) is 6.19. The van der Waals surface area contributed by atoms with Crippen molar-refractivity contribution in [2.45, 2.75) is 13.5 Å². The maximum Gasteiger partial charge on any atom is 0.0721 e. The van der Waals surface area contributed by atoms with Gasteiger partial charge in [-0.15, -0.1) is 0 Å². The molecule has 0 aliphatic rings. The third-order valence-corrected chi connectivity index (χ3v) is 2.71. The van der Waals surface area contributed by atoms with E-state index in [9.17, 15) is 0 Å². The van der Waals surface area contributed by atoms with Gasteiger partial charge >= 0.3 is 0 Å². The molecule has 1 nitrogen and oxygen atoms in total. The van der Waals surface area contributed by atoms with Gasteiger partial charge in [0.05, 0.1) is 13.2 Å². The van der Waals surface area contributed by atoms with Gasteiger partial charge in [0, 0.05) is 0 Å². The molecule has 0 unspecified atom stereocenters. The lowest BCUT2D eigenvalue weighted by molar-refractivity contribution is 0.149. The van der Waals surface area contributed by atoms with Crippen molar-refractivity contribution in [3.8, 4) is 0 Å². The molecule has 0 amide bonds. The van der Waals surface area contributed by atoms with Gasteiger partial charge in [0.15, 0.2) is 0 Å². The van der Waals surface area contributed by atoms with Crippen LogP contribution in [0.25, 0.3) is 6.08 Å². The fraction of sp³-hybridized carbons (Fsp3) is 0.176. The molecule has 0 bridgehead atoms. The molecule has 0 saturated carbocycles. The number of aryl methyl sites for hydroxylation is 1. The van der Waals surface area contributed by atoms with Gasteiger partial charge in [-0.1, -0.05) is 72.3 Å². The first-order valence-electron chi connectivity index (χ1n) is 6.19. The molecule has 0 aliphatic carbocycles. The molecule has 0 N–H and O–H groups in total. The van der Waals surface area contributed by atoms with Crippen molar-refractivity contribution in [2.24, 2.45) is 0 Å². The fourth-order valence-electron chi connectivity index (χ4n) is 1.68. The van der Waals surface area contributed by atoms with Crippen LogP contribution in [0.15, 0.2) is 60.7 Å². The predicted octanol–water partition coefficient (Wildman–Crippen LogP) is 4.23. The van der Waals surface area contributed by atoms with E-state index in [0.29, 0.717) is 13.2 Å². The summed E-state index contributed by atoms with van der Waals surface area (Å²) < 4.78 is 5.58. The summed E-state index contributed by atoms with van der Waals surface area (Å²) in [5.41, 5.74) is 3.71. The van der Waals surface area contributed by atoms with E-state index in [1.807, 2.05) is 24.3 Å². The Morgan fingerprint density at radius 3 is 2.39 bits per heavy atom. The van der Waals surface area contributed by atoms with Crippen LogP contribution in [0.2, 0.25) is 0 Å². The number of rotatable bonds is 5. The van der Waals surface area contributed by atoms with E-state index in [-0.39, 0.29) is 0 Å². The van der Waals surface area contributed by atoms with E-state index in [2.05, 4.69) is 49.4 Å². The molecular weight excluding hydrogens is 220 g/mol. The van der Waals surface area contributed by atoms with E-state index >= 15 is 0 Å². The standard InChI is InChI=1S/C17H18O/c1-15-9-11-16(12-10-15)8-5-13-18-14-17-6-3-2-4-7-17/h2-12H,13-14H2,1H3/b8-5+. The van der Waals surface area contributed by atoms with Gasteiger partial charge < -0.3 is 4.74 Å². The highest BCUT2D eigenvalue weighted by molar-refractivity contribution is 5.49. The van der Waals surface area contributed by atoms with Gasteiger partial charge in [0.1, 0.15) is 0 Å². The van der Waals surface area contributed by atoms with Crippen molar-refractivity contribution in [1.29, 1.82) is 0 Å². The quantitative estimate of drug-likeness (QED) is 0.708. The molecule has 0 saturated heterocycles. The van der Waals surface area contributed by atoms with Gasteiger partial charge in [-0.05, 0) is 18.1 Å². The molecule has 0 atom stereocenters. The smallest absolute Gasteiger partial charge is 0.0721 e. The molecule has 2 aromatic rings. The van der Waals surface area contributed by atoms with Gasteiger partial charge in [-0.2, -0.15) is 0 Å². The molecule has 0 heterocycles. The first-order chi connectivity index (χ1) is 8.84. The molecule has 0 aliphatic heterocycles. The molecule has 92 valence electrons. The third kappa shape index (κ3) is 4.19. The second kappa shape index (κ2) is 6.77. The third-order valence-electron chi connectivity index (χ3n) is 2.71. The van der Waals surface area contributed by atoms with Crippen molar-refractivity contribution < 1.29 is 4.74 Å². The Balaban J connectivity index is 1.74. The molecule has 0 radical (unpaired) electrons. The maximum atomic E-state index is 5.58. The van der Waals surface area contributed by atoms with Crippen LogP contribution < -0.4 is 0 Å². The Kier molecular flexibility index (Phi) is 4.74. The van der Waals surface area contributed by atoms with Gasteiger partial charge in [0.2, 0.25) is 0 Å². The van der Waals surface area contributed by atoms with Crippen molar-refractivity contribution in [3.63, 3.8) is 0 Å². The minimum absolute atomic E-state index is 0.642. The average molecular weight is 238 g/mol. The zero-order valence-corrected chi connectivity index (χ0v) is 10.7. The second-order valence-electron chi connectivity index (χ2n) is 4.31. The lowest BCUT2D eigenvalue weighted by Gasteiger charge is -2.00. The van der Waals surface area contributed by atoms with Crippen LogP contribution in [-0.4, -0.2) is 6.61 Å². The lowest BCUT2D eigenvalue weighted by Crippen LogP contribution is -1.91. The van der Waals surface area contributed by atoms with E-state index in [1.165, 1.54) is 16.7 Å². The minimum Gasteiger partial charge on any atom is -0.373 e. The number of hydrogen-bond acceptors (Lipinski definition) is 1.